The molecular weight excluding hydrogens is 266 g/mol. The monoisotopic (exact) mass is 285 g/mol. The molecule has 106 valence electrons. The Morgan fingerprint density at radius 1 is 1.58 bits per heavy atom. The SMILES string of the molecule is C=CCCOCCNc1cnn(C(C)C)c(=O)c1Cl. The molecule has 5 nitrogen and oxygen atoms in total. The normalized spacial score (nSPS) is 10.7. The van der Waals surface area contributed by atoms with Crippen molar-refractivity contribution in [2.24, 2.45) is 0 Å². The van der Waals surface area contributed by atoms with Gasteiger partial charge in [0.05, 0.1) is 31.1 Å². The quantitative estimate of drug-likeness (QED) is 0.589. The summed E-state index contributed by atoms with van der Waals surface area (Å²) < 4.78 is 6.70. The van der Waals surface area contributed by atoms with E-state index in [-0.39, 0.29) is 16.6 Å². The molecule has 0 unspecified atom stereocenters. The first-order valence-electron chi connectivity index (χ1n) is 6.27. The van der Waals surface area contributed by atoms with Gasteiger partial charge in [-0.05, 0) is 20.3 Å². The lowest BCUT2D eigenvalue weighted by Gasteiger charge is -2.12. The van der Waals surface area contributed by atoms with Crippen LogP contribution in [0.1, 0.15) is 26.3 Å². The first-order chi connectivity index (χ1) is 9.07. The molecule has 1 heterocycles. The Morgan fingerprint density at radius 3 is 2.95 bits per heavy atom. The molecular formula is C13H20ClN3O2. The van der Waals surface area contributed by atoms with Gasteiger partial charge in [0.25, 0.3) is 5.56 Å². The molecule has 6 heteroatoms. The first kappa shape index (κ1) is 15.7. The van der Waals surface area contributed by atoms with Gasteiger partial charge in [-0.15, -0.1) is 6.58 Å². The number of hydrogen-bond acceptors (Lipinski definition) is 4. The lowest BCUT2D eigenvalue weighted by molar-refractivity contribution is 0.149. The van der Waals surface area contributed by atoms with E-state index in [1.807, 2.05) is 13.8 Å². The maximum atomic E-state index is 11.9. The molecule has 0 aliphatic rings. The van der Waals surface area contributed by atoms with Crippen LogP contribution in [0.5, 0.6) is 0 Å². The largest absolute Gasteiger partial charge is 0.380 e. The van der Waals surface area contributed by atoms with E-state index in [9.17, 15) is 4.79 Å². The Morgan fingerprint density at radius 2 is 2.32 bits per heavy atom. The van der Waals surface area contributed by atoms with Gasteiger partial charge >= 0.3 is 0 Å². The van der Waals surface area contributed by atoms with Crippen molar-refractivity contribution in [2.45, 2.75) is 26.3 Å². The maximum Gasteiger partial charge on any atom is 0.287 e. The van der Waals surface area contributed by atoms with Crippen molar-refractivity contribution in [2.75, 3.05) is 25.1 Å². The minimum atomic E-state index is -0.283. The van der Waals surface area contributed by atoms with Crippen molar-refractivity contribution in [1.29, 1.82) is 0 Å². The van der Waals surface area contributed by atoms with Crippen molar-refractivity contribution < 1.29 is 4.74 Å². The van der Waals surface area contributed by atoms with Crippen LogP contribution in [-0.4, -0.2) is 29.5 Å². The van der Waals surface area contributed by atoms with Crippen LogP contribution in [0.3, 0.4) is 0 Å². The second kappa shape index (κ2) is 7.96. The van der Waals surface area contributed by atoms with Crippen molar-refractivity contribution in [3.63, 3.8) is 0 Å². The van der Waals surface area contributed by atoms with Crippen LogP contribution in [0.15, 0.2) is 23.6 Å². The molecule has 1 N–H and O–H groups in total. The molecule has 0 saturated heterocycles. The zero-order valence-corrected chi connectivity index (χ0v) is 12.1. The van der Waals surface area contributed by atoms with Gasteiger partial charge in [0.15, 0.2) is 0 Å². The van der Waals surface area contributed by atoms with E-state index in [0.717, 1.165) is 6.42 Å². The number of nitrogens with one attached hydrogen (secondary N) is 1. The molecule has 0 amide bonds. The third-order valence-electron chi connectivity index (χ3n) is 2.46. The lowest BCUT2D eigenvalue weighted by Crippen LogP contribution is -2.26. The van der Waals surface area contributed by atoms with Crippen molar-refractivity contribution in [3.8, 4) is 0 Å². The predicted octanol–water partition coefficient (Wildman–Crippen LogP) is 2.48. The Bertz CT molecular complexity index is 471. The van der Waals surface area contributed by atoms with Gasteiger partial charge < -0.3 is 10.1 Å². The first-order valence-corrected chi connectivity index (χ1v) is 6.65. The summed E-state index contributed by atoms with van der Waals surface area (Å²) in [7, 11) is 0. The number of aromatic nitrogens is 2. The number of hydrogen-bond donors (Lipinski definition) is 1. The number of ether oxygens (including phenoxy) is 1. The van der Waals surface area contributed by atoms with Crippen LogP contribution >= 0.6 is 11.6 Å². The molecule has 0 atom stereocenters. The van der Waals surface area contributed by atoms with Crippen molar-refractivity contribution >= 4 is 17.3 Å². The molecule has 0 aromatic carbocycles. The van der Waals surface area contributed by atoms with Crippen LogP contribution in [0.4, 0.5) is 5.69 Å². The molecule has 0 spiro atoms. The van der Waals surface area contributed by atoms with E-state index >= 15 is 0 Å². The highest BCUT2D eigenvalue weighted by Gasteiger charge is 2.10. The average molecular weight is 286 g/mol. The Kier molecular flexibility index (Phi) is 6.59. The highest BCUT2D eigenvalue weighted by atomic mass is 35.5. The minimum Gasteiger partial charge on any atom is -0.380 e. The molecule has 0 fully saturated rings. The van der Waals surface area contributed by atoms with E-state index in [0.29, 0.717) is 25.4 Å². The van der Waals surface area contributed by atoms with Crippen LogP contribution in [0, 0.1) is 0 Å². The third-order valence-corrected chi connectivity index (χ3v) is 2.83. The fraction of sp³-hybridized carbons (Fsp3) is 0.538. The standard InChI is InChI=1S/C13H20ClN3O2/c1-4-5-7-19-8-6-15-11-9-16-17(10(2)3)13(18)12(11)14/h4,9-10,15H,1,5-8H2,2-3H3. The zero-order chi connectivity index (χ0) is 14.3. The highest BCUT2D eigenvalue weighted by Crippen LogP contribution is 2.15. The molecule has 0 aliphatic carbocycles. The fourth-order valence-corrected chi connectivity index (χ4v) is 1.66. The second-order valence-corrected chi connectivity index (χ2v) is 4.71. The third kappa shape index (κ3) is 4.69. The van der Waals surface area contributed by atoms with Crippen LogP contribution in [0.2, 0.25) is 5.02 Å². The van der Waals surface area contributed by atoms with E-state index in [1.54, 1.807) is 12.3 Å². The topological polar surface area (TPSA) is 56.1 Å². The van der Waals surface area contributed by atoms with Crippen molar-refractivity contribution in [1.82, 2.24) is 9.78 Å². The summed E-state index contributed by atoms with van der Waals surface area (Å²) in [4.78, 5) is 11.9. The van der Waals surface area contributed by atoms with E-state index in [1.165, 1.54) is 4.68 Å². The van der Waals surface area contributed by atoms with Gasteiger partial charge in [-0.2, -0.15) is 5.10 Å². The van der Waals surface area contributed by atoms with Crippen molar-refractivity contribution in [3.05, 3.63) is 34.2 Å². The Labute approximate surface area is 118 Å². The van der Waals surface area contributed by atoms with Crippen LogP contribution in [0.25, 0.3) is 0 Å². The average Bonchev–Trinajstić information content (AvgIpc) is 2.38. The van der Waals surface area contributed by atoms with Gasteiger partial charge in [0, 0.05) is 6.54 Å². The van der Waals surface area contributed by atoms with E-state index in [2.05, 4.69) is 17.0 Å². The molecule has 19 heavy (non-hydrogen) atoms. The molecule has 0 bridgehead atoms. The predicted molar refractivity (Wildman–Crippen MR) is 78.0 cm³/mol. The van der Waals surface area contributed by atoms with Gasteiger partial charge in [-0.3, -0.25) is 4.79 Å². The van der Waals surface area contributed by atoms with Crippen LogP contribution < -0.4 is 10.9 Å². The lowest BCUT2D eigenvalue weighted by atomic mass is 10.4. The summed E-state index contributed by atoms with van der Waals surface area (Å²) in [5.41, 5.74) is 0.255. The smallest absolute Gasteiger partial charge is 0.287 e. The summed E-state index contributed by atoms with van der Waals surface area (Å²) in [5, 5.41) is 7.27. The summed E-state index contributed by atoms with van der Waals surface area (Å²) in [6.45, 7) is 9.13. The highest BCUT2D eigenvalue weighted by molar-refractivity contribution is 6.32. The number of nitrogens with zero attached hydrogens (tertiary/aromatic N) is 2. The number of anilines is 1. The summed E-state index contributed by atoms with van der Waals surface area (Å²) >= 11 is 6.02. The van der Waals surface area contributed by atoms with Gasteiger partial charge in [-0.25, -0.2) is 4.68 Å². The molecule has 0 aliphatic heterocycles. The molecule has 0 saturated carbocycles. The summed E-state index contributed by atoms with van der Waals surface area (Å²) in [6.07, 6.45) is 4.19. The summed E-state index contributed by atoms with van der Waals surface area (Å²) in [5.74, 6) is 0. The minimum absolute atomic E-state index is 0.0127. The second-order valence-electron chi connectivity index (χ2n) is 4.33. The maximum absolute atomic E-state index is 11.9. The van der Waals surface area contributed by atoms with Gasteiger partial charge in [-0.1, -0.05) is 17.7 Å². The molecule has 1 aromatic rings. The molecule has 0 radical (unpaired) electrons. The number of rotatable bonds is 8. The molecule has 1 rings (SSSR count). The van der Waals surface area contributed by atoms with Gasteiger partial charge in [0.1, 0.15) is 5.02 Å². The van der Waals surface area contributed by atoms with Crippen LogP contribution in [-0.2, 0) is 4.74 Å². The van der Waals surface area contributed by atoms with Gasteiger partial charge in [0.2, 0.25) is 0 Å². The number of halogens is 1. The fourth-order valence-electron chi connectivity index (χ4n) is 1.46. The zero-order valence-electron chi connectivity index (χ0n) is 11.4. The van der Waals surface area contributed by atoms with E-state index < -0.39 is 0 Å². The van der Waals surface area contributed by atoms with E-state index in [4.69, 9.17) is 16.3 Å². The Hall–Kier alpha value is -1.33. The Balaban J connectivity index is 2.53. The molecule has 1 aromatic heterocycles. The summed E-state index contributed by atoms with van der Waals surface area (Å²) in [6, 6.07) is -0.0127.